The van der Waals surface area contributed by atoms with E-state index in [2.05, 4.69) is 0 Å². The first-order valence-electron chi connectivity index (χ1n) is 8.98. The van der Waals surface area contributed by atoms with E-state index in [1.165, 1.54) is 16.9 Å². The van der Waals surface area contributed by atoms with Crippen molar-refractivity contribution in [3.63, 3.8) is 0 Å². The fourth-order valence-corrected chi connectivity index (χ4v) is 4.35. The normalized spacial score (nSPS) is 14.2. The summed E-state index contributed by atoms with van der Waals surface area (Å²) in [5.41, 5.74) is 4.97. The molecular weight excluding hydrogens is 370 g/mol. The highest BCUT2D eigenvalue weighted by atomic mass is 32.1. The number of aliphatic hydroxyl groups excluding tert-OH is 1. The Kier molecular flexibility index (Phi) is 4.43. The van der Waals surface area contributed by atoms with Crippen LogP contribution in [-0.2, 0) is 0 Å². The molecule has 0 spiro atoms. The monoisotopic (exact) mass is 391 g/mol. The van der Waals surface area contributed by atoms with Crippen LogP contribution in [0.15, 0.2) is 48.2 Å². The summed E-state index contributed by atoms with van der Waals surface area (Å²) in [5.74, 6) is 0.317. The van der Waals surface area contributed by atoms with Gasteiger partial charge in [-0.2, -0.15) is 0 Å². The number of thiazole rings is 1. The Morgan fingerprint density at radius 3 is 2.39 bits per heavy atom. The number of anilines is 1. The molecule has 142 valence electrons. The summed E-state index contributed by atoms with van der Waals surface area (Å²) in [6, 6.07) is 13.4. The van der Waals surface area contributed by atoms with E-state index in [9.17, 15) is 10.2 Å². The van der Waals surface area contributed by atoms with Crippen molar-refractivity contribution < 1.29 is 10.2 Å². The molecule has 1 aliphatic heterocycles. The first kappa shape index (κ1) is 18.3. The first-order valence-corrected chi connectivity index (χ1v) is 9.80. The molecule has 0 aliphatic carbocycles. The Labute approximate surface area is 167 Å². The lowest BCUT2D eigenvalue weighted by atomic mass is 10.1. The highest BCUT2D eigenvalue weighted by molar-refractivity contribution is 7.13. The summed E-state index contributed by atoms with van der Waals surface area (Å²) in [5, 5.41) is 30.0. The van der Waals surface area contributed by atoms with Gasteiger partial charge in [0.2, 0.25) is 0 Å². The number of rotatable bonds is 3. The molecule has 0 fully saturated rings. The zero-order valence-corrected chi connectivity index (χ0v) is 16.8. The molecule has 0 saturated carbocycles. The highest BCUT2D eigenvalue weighted by Gasteiger charge is 2.33. The van der Waals surface area contributed by atoms with Crippen molar-refractivity contribution in [1.29, 1.82) is 5.41 Å². The summed E-state index contributed by atoms with van der Waals surface area (Å²) in [7, 11) is 0. The molecule has 1 aliphatic rings. The molecule has 3 N–H and O–H groups in total. The molecule has 2 heterocycles. The van der Waals surface area contributed by atoms with Gasteiger partial charge in [-0.3, -0.25) is 5.41 Å². The van der Waals surface area contributed by atoms with E-state index in [1.807, 2.05) is 57.2 Å². The van der Waals surface area contributed by atoms with Gasteiger partial charge < -0.3 is 15.1 Å². The largest absolute Gasteiger partial charge is 0.510 e. The van der Waals surface area contributed by atoms with E-state index in [0.717, 1.165) is 21.7 Å². The van der Waals surface area contributed by atoms with Gasteiger partial charge in [-0.1, -0.05) is 35.9 Å². The van der Waals surface area contributed by atoms with E-state index >= 15 is 0 Å². The van der Waals surface area contributed by atoms with Gasteiger partial charge >= 0.3 is 0 Å². The number of phenols is 1. The van der Waals surface area contributed by atoms with E-state index in [1.54, 1.807) is 11.0 Å². The standard InChI is InChI=1S/C22H21N3O2S/c1-12-4-7-15(8-5-12)20-14(3)28-22(24-20)19-18(27)11-25(21(19)23)16-10-13(2)6-9-17(16)26/h4-10,23,26-27H,11H2,1-3H3. The first-order chi connectivity index (χ1) is 13.3. The summed E-state index contributed by atoms with van der Waals surface area (Å²) in [6.07, 6.45) is 0. The van der Waals surface area contributed by atoms with Gasteiger partial charge in [-0.05, 0) is 38.5 Å². The van der Waals surface area contributed by atoms with Crippen molar-refractivity contribution in [2.75, 3.05) is 11.4 Å². The van der Waals surface area contributed by atoms with Crippen LogP contribution < -0.4 is 4.90 Å². The lowest BCUT2D eigenvalue weighted by Crippen LogP contribution is -2.26. The summed E-state index contributed by atoms with van der Waals surface area (Å²) >= 11 is 1.46. The Morgan fingerprint density at radius 2 is 1.68 bits per heavy atom. The average molecular weight is 391 g/mol. The van der Waals surface area contributed by atoms with Crippen molar-refractivity contribution in [1.82, 2.24) is 4.98 Å². The minimum Gasteiger partial charge on any atom is -0.510 e. The van der Waals surface area contributed by atoms with Crippen molar-refractivity contribution >= 4 is 28.4 Å². The predicted molar refractivity (Wildman–Crippen MR) is 114 cm³/mol. The minimum absolute atomic E-state index is 0.0834. The number of amidine groups is 1. The average Bonchev–Trinajstić information content (AvgIpc) is 3.17. The maximum atomic E-state index is 10.6. The van der Waals surface area contributed by atoms with Crippen LogP contribution in [0.5, 0.6) is 5.75 Å². The van der Waals surface area contributed by atoms with Crippen LogP contribution in [0.2, 0.25) is 0 Å². The van der Waals surface area contributed by atoms with Gasteiger partial charge in [-0.15, -0.1) is 11.3 Å². The Hall–Kier alpha value is -3.12. The van der Waals surface area contributed by atoms with Crippen LogP contribution in [0.3, 0.4) is 0 Å². The molecule has 28 heavy (non-hydrogen) atoms. The number of hydrogen-bond donors (Lipinski definition) is 3. The second-order valence-electron chi connectivity index (χ2n) is 7.04. The lowest BCUT2D eigenvalue weighted by Gasteiger charge is -2.20. The topological polar surface area (TPSA) is 80.4 Å². The molecular formula is C22H21N3O2S. The van der Waals surface area contributed by atoms with Gasteiger partial charge in [0.05, 0.1) is 23.5 Å². The van der Waals surface area contributed by atoms with Crippen molar-refractivity contribution in [3.05, 3.63) is 69.2 Å². The van der Waals surface area contributed by atoms with Crippen molar-refractivity contribution in [2.24, 2.45) is 0 Å². The molecule has 3 aromatic rings. The number of aliphatic hydroxyl groups is 1. The molecule has 0 unspecified atom stereocenters. The summed E-state index contributed by atoms with van der Waals surface area (Å²) in [4.78, 5) is 7.37. The van der Waals surface area contributed by atoms with Gasteiger partial charge in [0.15, 0.2) is 0 Å². The molecule has 0 amide bonds. The van der Waals surface area contributed by atoms with Gasteiger partial charge in [-0.25, -0.2) is 4.98 Å². The summed E-state index contributed by atoms with van der Waals surface area (Å²) < 4.78 is 0. The number of aryl methyl sites for hydroxylation is 3. The number of nitrogens with one attached hydrogen (secondary N) is 1. The third kappa shape index (κ3) is 3.05. The zero-order valence-electron chi connectivity index (χ0n) is 15.9. The van der Waals surface area contributed by atoms with E-state index in [-0.39, 0.29) is 23.9 Å². The van der Waals surface area contributed by atoms with Gasteiger partial charge in [0, 0.05) is 10.4 Å². The second-order valence-corrected chi connectivity index (χ2v) is 8.24. The van der Waals surface area contributed by atoms with Gasteiger partial charge in [0.25, 0.3) is 0 Å². The number of aromatic nitrogens is 1. The highest BCUT2D eigenvalue weighted by Crippen LogP contribution is 2.39. The quantitative estimate of drug-likeness (QED) is 0.573. The minimum atomic E-state index is 0.0834. The molecule has 6 heteroatoms. The maximum absolute atomic E-state index is 10.6. The number of aromatic hydroxyl groups is 1. The molecule has 0 atom stereocenters. The lowest BCUT2D eigenvalue weighted by molar-refractivity contribution is 0.411. The van der Waals surface area contributed by atoms with E-state index in [4.69, 9.17) is 10.4 Å². The van der Waals surface area contributed by atoms with Crippen molar-refractivity contribution in [3.8, 4) is 17.0 Å². The third-order valence-corrected chi connectivity index (χ3v) is 5.85. The Balaban J connectivity index is 1.71. The fraction of sp³-hybridized carbons (Fsp3) is 0.182. The maximum Gasteiger partial charge on any atom is 0.139 e. The second kappa shape index (κ2) is 6.80. The van der Waals surface area contributed by atoms with E-state index < -0.39 is 0 Å². The van der Waals surface area contributed by atoms with Crippen molar-refractivity contribution in [2.45, 2.75) is 20.8 Å². The fourth-order valence-electron chi connectivity index (χ4n) is 3.34. The smallest absolute Gasteiger partial charge is 0.139 e. The molecule has 2 aromatic carbocycles. The Bertz CT molecular complexity index is 1110. The zero-order chi connectivity index (χ0) is 20.0. The van der Waals surface area contributed by atoms with Crippen LogP contribution in [0.25, 0.3) is 16.8 Å². The van der Waals surface area contributed by atoms with Gasteiger partial charge in [0.1, 0.15) is 22.4 Å². The number of hydrogen-bond acceptors (Lipinski definition) is 5. The molecule has 5 nitrogen and oxygen atoms in total. The van der Waals surface area contributed by atoms with Crippen LogP contribution in [0.1, 0.15) is 21.0 Å². The molecule has 0 radical (unpaired) electrons. The van der Waals surface area contributed by atoms with E-state index in [0.29, 0.717) is 16.3 Å². The van der Waals surface area contributed by atoms with Crippen LogP contribution in [0.4, 0.5) is 5.69 Å². The molecule has 0 saturated heterocycles. The number of nitrogens with zero attached hydrogens (tertiary/aromatic N) is 2. The molecule has 1 aromatic heterocycles. The number of benzene rings is 2. The molecule has 0 bridgehead atoms. The SMILES string of the molecule is Cc1ccc(-c2nc(C3=C(O)CN(c4cc(C)ccc4O)C3=N)sc2C)cc1. The van der Waals surface area contributed by atoms with Crippen LogP contribution >= 0.6 is 11.3 Å². The van der Waals surface area contributed by atoms with Crippen LogP contribution in [-0.4, -0.2) is 27.6 Å². The Morgan fingerprint density at radius 1 is 1.00 bits per heavy atom. The number of phenolic OH excluding ortho intramolecular Hbond substituents is 1. The molecule has 4 rings (SSSR count). The van der Waals surface area contributed by atoms with Crippen LogP contribution in [0, 0.1) is 26.2 Å². The predicted octanol–water partition coefficient (Wildman–Crippen LogP) is 5.21. The third-order valence-electron chi connectivity index (χ3n) is 4.86. The summed E-state index contributed by atoms with van der Waals surface area (Å²) in [6.45, 7) is 6.11.